The summed E-state index contributed by atoms with van der Waals surface area (Å²) < 4.78 is 10.7. The van der Waals surface area contributed by atoms with Crippen molar-refractivity contribution in [3.8, 4) is 0 Å². The third-order valence-corrected chi connectivity index (χ3v) is 4.66. The van der Waals surface area contributed by atoms with Crippen LogP contribution in [0.2, 0.25) is 0 Å². The molecule has 1 atom stereocenters. The monoisotopic (exact) mass is 363 g/mol. The van der Waals surface area contributed by atoms with Crippen molar-refractivity contribution >= 4 is 6.03 Å². The summed E-state index contributed by atoms with van der Waals surface area (Å²) in [5.74, 6) is 0.591. The molecule has 2 rings (SSSR count). The van der Waals surface area contributed by atoms with Crippen LogP contribution in [0.3, 0.4) is 0 Å². The van der Waals surface area contributed by atoms with E-state index in [2.05, 4.69) is 29.4 Å². The van der Waals surface area contributed by atoms with Gasteiger partial charge >= 0.3 is 6.03 Å². The number of methoxy groups -OCH3 is 1. The van der Waals surface area contributed by atoms with Crippen molar-refractivity contribution in [2.75, 3.05) is 40.0 Å². The maximum atomic E-state index is 12.3. The van der Waals surface area contributed by atoms with Crippen LogP contribution in [0.15, 0.2) is 24.3 Å². The van der Waals surface area contributed by atoms with E-state index < -0.39 is 0 Å². The molecule has 0 radical (unpaired) electrons. The van der Waals surface area contributed by atoms with Gasteiger partial charge in [-0.25, -0.2) is 4.79 Å². The number of rotatable bonds is 9. The summed E-state index contributed by atoms with van der Waals surface area (Å²) in [5.41, 5.74) is 2.18. The molecule has 1 aromatic carbocycles. The maximum Gasteiger partial charge on any atom is 0.315 e. The molecule has 26 heavy (non-hydrogen) atoms. The smallest absolute Gasteiger partial charge is 0.315 e. The van der Waals surface area contributed by atoms with E-state index in [1.165, 1.54) is 0 Å². The van der Waals surface area contributed by atoms with Gasteiger partial charge < -0.3 is 20.1 Å². The predicted octanol–water partition coefficient (Wildman–Crippen LogP) is 2.38. The van der Waals surface area contributed by atoms with Crippen LogP contribution >= 0.6 is 0 Å². The van der Waals surface area contributed by atoms with Crippen LogP contribution < -0.4 is 10.6 Å². The topological polar surface area (TPSA) is 62.8 Å². The van der Waals surface area contributed by atoms with Gasteiger partial charge in [-0.3, -0.25) is 4.90 Å². The Bertz CT molecular complexity index is 545. The third-order valence-electron chi connectivity index (χ3n) is 4.66. The molecule has 1 heterocycles. The lowest BCUT2D eigenvalue weighted by Gasteiger charge is -2.35. The Morgan fingerprint density at radius 3 is 2.54 bits per heavy atom. The first-order chi connectivity index (χ1) is 12.6. The number of amides is 2. The summed E-state index contributed by atoms with van der Waals surface area (Å²) in [4.78, 5) is 14.7. The van der Waals surface area contributed by atoms with Gasteiger partial charge in [0.2, 0.25) is 0 Å². The number of urea groups is 1. The molecule has 0 bridgehead atoms. The van der Waals surface area contributed by atoms with E-state index in [9.17, 15) is 4.79 Å². The summed E-state index contributed by atoms with van der Waals surface area (Å²) in [6.45, 7) is 9.57. The molecule has 146 valence electrons. The van der Waals surface area contributed by atoms with E-state index in [1.54, 1.807) is 7.11 Å². The van der Waals surface area contributed by atoms with Gasteiger partial charge in [-0.1, -0.05) is 38.1 Å². The van der Waals surface area contributed by atoms with Crippen molar-refractivity contribution in [1.82, 2.24) is 15.5 Å². The Morgan fingerprint density at radius 1 is 1.19 bits per heavy atom. The maximum absolute atomic E-state index is 12.3. The highest BCUT2D eigenvalue weighted by atomic mass is 16.5. The van der Waals surface area contributed by atoms with Crippen LogP contribution in [0.25, 0.3) is 0 Å². The van der Waals surface area contributed by atoms with Crippen LogP contribution in [0.4, 0.5) is 4.79 Å². The average Bonchev–Trinajstić information content (AvgIpc) is 2.65. The average molecular weight is 364 g/mol. The number of benzene rings is 1. The van der Waals surface area contributed by atoms with Crippen molar-refractivity contribution in [2.45, 2.75) is 39.5 Å². The normalized spacial score (nSPS) is 16.5. The summed E-state index contributed by atoms with van der Waals surface area (Å²) in [7, 11) is 1.68. The Labute approximate surface area is 157 Å². The Balaban J connectivity index is 1.82. The number of hydrogen-bond donors (Lipinski definition) is 2. The highest BCUT2D eigenvalue weighted by Crippen LogP contribution is 2.13. The summed E-state index contributed by atoms with van der Waals surface area (Å²) in [5, 5.41) is 6.00. The van der Waals surface area contributed by atoms with Crippen LogP contribution in [-0.4, -0.2) is 56.9 Å². The van der Waals surface area contributed by atoms with Crippen molar-refractivity contribution in [2.24, 2.45) is 5.92 Å². The fourth-order valence-corrected chi connectivity index (χ4v) is 3.32. The number of carbonyl (C=O) groups excluding carboxylic acids is 1. The molecular formula is C20H33N3O3. The van der Waals surface area contributed by atoms with Gasteiger partial charge in [0.05, 0.1) is 19.8 Å². The second-order valence-electron chi connectivity index (χ2n) is 7.20. The zero-order valence-electron chi connectivity index (χ0n) is 16.3. The number of ether oxygens (including phenoxy) is 2. The second-order valence-corrected chi connectivity index (χ2v) is 7.20. The number of hydrogen-bond acceptors (Lipinski definition) is 4. The quantitative estimate of drug-likeness (QED) is 0.707. The van der Waals surface area contributed by atoms with Crippen LogP contribution in [0.1, 0.15) is 31.4 Å². The lowest BCUT2D eigenvalue weighted by atomic mass is 10.0. The van der Waals surface area contributed by atoms with Crippen LogP contribution in [-0.2, 0) is 22.6 Å². The number of carbonyl (C=O) groups is 1. The van der Waals surface area contributed by atoms with E-state index in [0.717, 1.165) is 43.9 Å². The van der Waals surface area contributed by atoms with Gasteiger partial charge in [0.25, 0.3) is 0 Å². The van der Waals surface area contributed by atoms with Crippen molar-refractivity contribution in [3.63, 3.8) is 0 Å². The van der Waals surface area contributed by atoms with Crippen molar-refractivity contribution in [3.05, 3.63) is 35.4 Å². The minimum absolute atomic E-state index is 0.126. The van der Waals surface area contributed by atoms with Gasteiger partial charge in [-0.05, 0) is 23.5 Å². The molecule has 2 amide bonds. The molecule has 6 heteroatoms. The summed E-state index contributed by atoms with van der Waals surface area (Å²) >= 11 is 0. The molecule has 1 saturated heterocycles. The molecule has 1 aromatic rings. The Kier molecular flexibility index (Phi) is 8.88. The minimum atomic E-state index is -0.126. The molecule has 0 spiro atoms. The molecule has 1 aliphatic rings. The third kappa shape index (κ3) is 6.94. The van der Waals surface area contributed by atoms with Gasteiger partial charge in [0.15, 0.2) is 0 Å². The first-order valence-electron chi connectivity index (χ1n) is 9.49. The van der Waals surface area contributed by atoms with E-state index in [4.69, 9.17) is 9.47 Å². The zero-order chi connectivity index (χ0) is 18.8. The number of morpholine rings is 1. The highest BCUT2D eigenvalue weighted by Gasteiger charge is 2.22. The second kappa shape index (κ2) is 11.2. The van der Waals surface area contributed by atoms with Gasteiger partial charge in [0.1, 0.15) is 0 Å². The molecule has 0 aromatic heterocycles. The fraction of sp³-hybridized carbons (Fsp3) is 0.650. The van der Waals surface area contributed by atoms with E-state index >= 15 is 0 Å². The summed E-state index contributed by atoms with van der Waals surface area (Å²) in [6.07, 6.45) is 1.07. The molecule has 2 N–H and O–H groups in total. The highest BCUT2D eigenvalue weighted by molar-refractivity contribution is 5.73. The van der Waals surface area contributed by atoms with Crippen LogP contribution in [0.5, 0.6) is 0 Å². The SMILES string of the molecule is COCc1ccccc1CNC(=O)NCC(CC(C)C)N1CCOCC1. The fourth-order valence-electron chi connectivity index (χ4n) is 3.32. The molecule has 0 aliphatic carbocycles. The predicted molar refractivity (Wildman–Crippen MR) is 103 cm³/mol. The standard InChI is InChI=1S/C20H33N3O3/c1-16(2)12-19(23-8-10-26-11-9-23)14-22-20(24)21-13-17-6-4-5-7-18(17)15-25-3/h4-7,16,19H,8-15H2,1-3H3,(H2,21,22,24). The minimum Gasteiger partial charge on any atom is -0.380 e. The van der Waals surface area contributed by atoms with Crippen LogP contribution in [0, 0.1) is 5.92 Å². The van der Waals surface area contributed by atoms with E-state index in [-0.39, 0.29) is 6.03 Å². The van der Waals surface area contributed by atoms with Crippen molar-refractivity contribution < 1.29 is 14.3 Å². The molecule has 0 saturated carbocycles. The largest absolute Gasteiger partial charge is 0.380 e. The lowest BCUT2D eigenvalue weighted by Crippen LogP contribution is -2.50. The number of nitrogens with one attached hydrogen (secondary N) is 2. The first kappa shape index (κ1) is 20.7. The lowest BCUT2D eigenvalue weighted by molar-refractivity contribution is 0.0129. The van der Waals surface area contributed by atoms with Gasteiger partial charge in [-0.2, -0.15) is 0 Å². The molecule has 1 aliphatic heterocycles. The first-order valence-corrected chi connectivity index (χ1v) is 9.49. The summed E-state index contributed by atoms with van der Waals surface area (Å²) in [6, 6.07) is 8.23. The van der Waals surface area contributed by atoms with Crippen molar-refractivity contribution in [1.29, 1.82) is 0 Å². The Hall–Kier alpha value is -1.63. The van der Waals surface area contributed by atoms with Gasteiger partial charge in [0, 0.05) is 39.3 Å². The van der Waals surface area contributed by atoms with Gasteiger partial charge in [-0.15, -0.1) is 0 Å². The van der Waals surface area contributed by atoms with E-state index in [0.29, 0.717) is 31.7 Å². The Morgan fingerprint density at radius 2 is 1.88 bits per heavy atom. The van der Waals surface area contributed by atoms with E-state index in [1.807, 2.05) is 24.3 Å². The molecule has 1 fully saturated rings. The molecular weight excluding hydrogens is 330 g/mol. The number of nitrogens with zero attached hydrogens (tertiary/aromatic N) is 1. The molecule has 1 unspecified atom stereocenters. The molecule has 6 nitrogen and oxygen atoms in total. The zero-order valence-corrected chi connectivity index (χ0v) is 16.3.